The smallest absolute Gasteiger partial charge is 0.299 e. The van der Waals surface area contributed by atoms with Crippen LogP contribution in [0.3, 0.4) is 0 Å². The lowest BCUT2D eigenvalue weighted by molar-refractivity contribution is -0.633. The maximum Gasteiger partial charge on any atom is 0.299 e. The Labute approximate surface area is 320 Å². The molecule has 0 atom stereocenters. The topological polar surface area (TPSA) is 35.1 Å². The molecule has 10 aromatic rings. The van der Waals surface area contributed by atoms with Crippen molar-refractivity contribution in [3.63, 3.8) is 0 Å². The van der Waals surface area contributed by atoms with Gasteiger partial charge in [0.1, 0.15) is 28.0 Å². The Morgan fingerprint density at radius 2 is 1.18 bits per heavy atom. The molecule has 0 saturated carbocycles. The van der Waals surface area contributed by atoms with Crippen molar-refractivity contribution < 1.29 is 13.4 Å². The summed E-state index contributed by atoms with van der Waals surface area (Å²) in [6.45, 7) is 11.4. The van der Waals surface area contributed by atoms with E-state index in [1.54, 1.807) is 0 Å². The number of hydrogen-bond donors (Lipinski definition) is 0. The SMILES string of the molecule is Cc1ccc2c(oc3cc(-c4ccc5oc6c(-c7ccccc7)cccc6c5c4)ccc32)c1-c1n(-c2c(C(C)C)cccc2C(C)C)c2ccccc2[n+]1C. The maximum absolute atomic E-state index is 7.04. The molecule has 0 amide bonds. The fourth-order valence-electron chi connectivity index (χ4n) is 8.81. The molecule has 10 rings (SSSR count). The number of rotatable bonds is 6. The zero-order valence-corrected chi connectivity index (χ0v) is 32.1. The van der Waals surface area contributed by atoms with Gasteiger partial charge in [-0.3, -0.25) is 0 Å². The Kier molecular flexibility index (Phi) is 7.60. The quantitative estimate of drug-likeness (QED) is 0.161. The number of furan rings is 2. The molecule has 4 nitrogen and oxygen atoms in total. The van der Waals surface area contributed by atoms with Crippen LogP contribution in [0.1, 0.15) is 56.2 Å². The van der Waals surface area contributed by atoms with Gasteiger partial charge in [0, 0.05) is 38.2 Å². The van der Waals surface area contributed by atoms with Crippen molar-refractivity contribution in [2.75, 3.05) is 0 Å². The molecule has 0 aliphatic rings. The molecule has 0 N–H and O–H groups in total. The lowest BCUT2D eigenvalue weighted by Gasteiger charge is -2.18. The van der Waals surface area contributed by atoms with Gasteiger partial charge < -0.3 is 8.83 Å². The van der Waals surface area contributed by atoms with Crippen molar-refractivity contribution in [3.05, 3.63) is 156 Å². The highest BCUT2D eigenvalue weighted by molar-refractivity contribution is 6.12. The number of aryl methyl sites for hydroxylation is 2. The Morgan fingerprint density at radius 1 is 0.527 bits per heavy atom. The molecule has 0 fully saturated rings. The number of nitrogens with zero attached hydrogens (tertiary/aromatic N) is 2. The average molecular weight is 716 g/mol. The molecule has 7 aromatic carbocycles. The fraction of sp³-hybridized carbons (Fsp3) is 0.157. The van der Waals surface area contributed by atoms with Crippen LogP contribution in [0.15, 0.2) is 148 Å². The van der Waals surface area contributed by atoms with Crippen LogP contribution < -0.4 is 4.57 Å². The van der Waals surface area contributed by atoms with E-state index in [0.717, 1.165) is 77.5 Å². The number of para-hydroxylation sites is 4. The van der Waals surface area contributed by atoms with Gasteiger partial charge in [-0.1, -0.05) is 131 Å². The van der Waals surface area contributed by atoms with Crippen LogP contribution in [-0.4, -0.2) is 4.57 Å². The van der Waals surface area contributed by atoms with Gasteiger partial charge in [-0.15, -0.1) is 0 Å². The molecule has 0 radical (unpaired) electrons. The van der Waals surface area contributed by atoms with Gasteiger partial charge in [0.15, 0.2) is 16.6 Å². The summed E-state index contributed by atoms with van der Waals surface area (Å²) in [4.78, 5) is 0. The Hall–Kier alpha value is -6.39. The van der Waals surface area contributed by atoms with E-state index in [9.17, 15) is 0 Å². The standard InChI is InChI=1S/C51H43N2O2/c1-30(2)36-16-12-17-37(31(3)4)48(36)53-44-21-11-10-20-43(44)52(6)51(53)47-32(5)22-25-41-39-26-23-35(29-46(39)55-50(41)47)34-24-27-45-42(28-34)40-19-13-18-38(49(40)54-45)33-14-8-7-9-15-33/h7-31H,1-6H3/q+1. The molecular weight excluding hydrogens is 673 g/mol. The first-order valence-corrected chi connectivity index (χ1v) is 19.4. The van der Waals surface area contributed by atoms with Gasteiger partial charge in [-0.05, 0) is 77.4 Å². The van der Waals surface area contributed by atoms with Crippen LogP contribution in [-0.2, 0) is 7.05 Å². The third-order valence-corrected chi connectivity index (χ3v) is 11.6. The van der Waals surface area contributed by atoms with Gasteiger partial charge in [-0.25, -0.2) is 4.57 Å². The number of hydrogen-bond acceptors (Lipinski definition) is 2. The molecule has 0 saturated heterocycles. The highest BCUT2D eigenvalue weighted by Crippen LogP contribution is 2.43. The minimum Gasteiger partial charge on any atom is -0.455 e. The monoisotopic (exact) mass is 715 g/mol. The van der Waals surface area contributed by atoms with Crippen molar-refractivity contribution in [2.24, 2.45) is 7.05 Å². The fourth-order valence-corrected chi connectivity index (χ4v) is 8.81. The maximum atomic E-state index is 7.04. The van der Waals surface area contributed by atoms with E-state index in [-0.39, 0.29) is 0 Å². The normalized spacial score (nSPS) is 12.1. The molecule has 3 aromatic heterocycles. The first-order chi connectivity index (χ1) is 26.8. The van der Waals surface area contributed by atoms with Crippen molar-refractivity contribution >= 4 is 54.9 Å². The van der Waals surface area contributed by atoms with Crippen LogP contribution >= 0.6 is 0 Å². The summed E-state index contributed by atoms with van der Waals surface area (Å²) in [7, 11) is 2.19. The van der Waals surface area contributed by atoms with Crippen molar-refractivity contribution in [1.82, 2.24) is 4.57 Å². The molecule has 0 spiro atoms. The van der Waals surface area contributed by atoms with Gasteiger partial charge >= 0.3 is 0 Å². The average Bonchev–Trinajstić information content (AvgIpc) is 3.86. The van der Waals surface area contributed by atoms with E-state index in [0.29, 0.717) is 11.8 Å². The van der Waals surface area contributed by atoms with Crippen molar-refractivity contribution in [3.8, 4) is 39.3 Å². The first-order valence-electron chi connectivity index (χ1n) is 19.4. The summed E-state index contributed by atoms with van der Waals surface area (Å²) < 4.78 is 18.4. The molecule has 0 aliphatic carbocycles. The molecule has 0 unspecified atom stereocenters. The summed E-state index contributed by atoms with van der Waals surface area (Å²) in [6.07, 6.45) is 0. The second-order valence-electron chi connectivity index (χ2n) is 15.6. The van der Waals surface area contributed by atoms with E-state index in [2.05, 4.69) is 184 Å². The molecule has 3 heterocycles. The van der Waals surface area contributed by atoms with Crippen LogP contribution in [0.5, 0.6) is 0 Å². The van der Waals surface area contributed by atoms with Gasteiger partial charge in [0.05, 0.1) is 7.05 Å². The van der Waals surface area contributed by atoms with Crippen LogP contribution in [0, 0.1) is 6.92 Å². The number of aromatic nitrogens is 2. The predicted octanol–water partition coefficient (Wildman–Crippen LogP) is 13.8. The Morgan fingerprint density at radius 3 is 1.96 bits per heavy atom. The van der Waals surface area contributed by atoms with Crippen LogP contribution in [0.25, 0.3) is 94.2 Å². The summed E-state index contributed by atoms with van der Waals surface area (Å²) in [5.74, 6) is 1.81. The van der Waals surface area contributed by atoms with Gasteiger partial charge in [0.2, 0.25) is 0 Å². The van der Waals surface area contributed by atoms with E-state index >= 15 is 0 Å². The minimum atomic E-state index is 0.347. The first kappa shape index (κ1) is 33.2. The number of fused-ring (bicyclic) bond motifs is 7. The summed E-state index contributed by atoms with van der Waals surface area (Å²) >= 11 is 0. The minimum absolute atomic E-state index is 0.347. The number of imidazole rings is 1. The number of benzene rings is 7. The van der Waals surface area contributed by atoms with Gasteiger partial charge in [-0.2, -0.15) is 4.57 Å². The third-order valence-electron chi connectivity index (χ3n) is 11.6. The zero-order chi connectivity index (χ0) is 37.5. The van der Waals surface area contributed by atoms with Gasteiger partial charge in [0.25, 0.3) is 5.82 Å². The van der Waals surface area contributed by atoms with Crippen molar-refractivity contribution in [1.29, 1.82) is 0 Å². The Balaban J connectivity index is 1.18. The van der Waals surface area contributed by atoms with E-state index in [4.69, 9.17) is 8.83 Å². The summed E-state index contributed by atoms with van der Waals surface area (Å²) in [5, 5.41) is 4.45. The largest absolute Gasteiger partial charge is 0.455 e. The molecular formula is C51H43N2O2+. The summed E-state index contributed by atoms with van der Waals surface area (Å²) in [5.41, 5.74) is 16.7. The van der Waals surface area contributed by atoms with Crippen molar-refractivity contribution in [2.45, 2.75) is 46.5 Å². The van der Waals surface area contributed by atoms with E-state index < -0.39 is 0 Å². The zero-order valence-electron chi connectivity index (χ0n) is 32.1. The molecule has 0 aliphatic heterocycles. The predicted molar refractivity (Wildman–Crippen MR) is 228 cm³/mol. The molecule has 0 bridgehead atoms. The van der Waals surface area contributed by atoms with Crippen LogP contribution in [0.2, 0.25) is 0 Å². The lowest BCUT2D eigenvalue weighted by atomic mass is 9.92. The van der Waals surface area contributed by atoms with Crippen LogP contribution in [0.4, 0.5) is 0 Å². The molecule has 55 heavy (non-hydrogen) atoms. The second kappa shape index (κ2) is 12.6. The van der Waals surface area contributed by atoms with E-state index in [1.165, 1.54) is 33.4 Å². The molecule has 4 heteroatoms. The Bertz CT molecular complexity index is 3090. The molecule has 268 valence electrons. The lowest BCUT2D eigenvalue weighted by Crippen LogP contribution is -2.30. The highest BCUT2D eigenvalue weighted by Gasteiger charge is 2.33. The highest BCUT2D eigenvalue weighted by atomic mass is 16.3. The third kappa shape index (κ3) is 5.08. The summed E-state index contributed by atoms with van der Waals surface area (Å²) in [6, 6.07) is 50.1. The second-order valence-corrected chi connectivity index (χ2v) is 15.6. The van der Waals surface area contributed by atoms with E-state index in [1.807, 2.05) is 6.07 Å².